The molecule has 0 aromatic carbocycles. The number of carbonyl (C=O) groups is 2. The zero-order chi connectivity index (χ0) is 10.8. The van der Waals surface area contributed by atoms with Crippen LogP contribution < -0.4 is 0 Å². The molecule has 80 valence electrons. The van der Waals surface area contributed by atoms with Gasteiger partial charge in [0.1, 0.15) is 0 Å². The zero-order valence-electron chi connectivity index (χ0n) is 8.52. The van der Waals surface area contributed by atoms with Gasteiger partial charge < -0.3 is 4.90 Å². The molecule has 1 amide bonds. The Bertz CT molecular complexity index is 400. The molecule has 1 aliphatic heterocycles. The number of hydrogen-bond acceptors (Lipinski definition) is 4. The molecule has 0 atom stereocenters. The second-order valence-corrected chi connectivity index (χ2v) is 4.58. The molecule has 0 radical (unpaired) electrons. The number of nitrogens with zero attached hydrogens (tertiary/aromatic N) is 2. The van der Waals surface area contributed by atoms with Crippen LogP contribution in [0, 0.1) is 6.92 Å². The molecule has 0 aliphatic carbocycles. The lowest BCUT2D eigenvalue weighted by Crippen LogP contribution is -2.27. The highest BCUT2D eigenvalue weighted by atomic mass is 32.1. The van der Waals surface area contributed by atoms with Crippen LogP contribution in [0.1, 0.15) is 17.0 Å². The monoisotopic (exact) mass is 224 g/mol. The summed E-state index contributed by atoms with van der Waals surface area (Å²) in [4.78, 5) is 29.3. The molecule has 1 aromatic rings. The molecule has 1 aliphatic rings. The topological polar surface area (TPSA) is 50.3 Å². The Kier molecular flexibility index (Phi) is 2.81. The Morgan fingerprint density at radius 2 is 2.33 bits per heavy atom. The molecule has 1 saturated heterocycles. The van der Waals surface area contributed by atoms with E-state index in [9.17, 15) is 9.59 Å². The molecule has 0 N–H and O–H groups in total. The minimum absolute atomic E-state index is 0.0287. The number of thiazole rings is 1. The van der Waals surface area contributed by atoms with Gasteiger partial charge in [-0.3, -0.25) is 9.59 Å². The molecule has 4 nitrogen and oxygen atoms in total. The van der Waals surface area contributed by atoms with Crippen molar-refractivity contribution in [3.63, 3.8) is 0 Å². The fourth-order valence-electron chi connectivity index (χ4n) is 1.64. The highest BCUT2D eigenvalue weighted by molar-refractivity contribution is 7.09. The summed E-state index contributed by atoms with van der Waals surface area (Å²) in [6.45, 7) is 2.88. The summed E-state index contributed by atoms with van der Waals surface area (Å²) in [5.74, 6) is -0.0109. The van der Waals surface area contributed by atoms with Gasteiger partial charge in [-0.15, -0.1) is 11.3 Å². The van der Waals surface area contributed by atoms with Gasteiger partial charge in [0.25, 0.3) is 0 Å². The van der Waals surface area contributed by atoms with Gasteiger partial charge >= 0.3 is 0 Å². The summed E-state index contributed by atoms with van der Waals surface area (Å²) >= 11 is 1.60. The number of aryl methyl sites for hydroxylation is 1. The lowest BCUT2D eigenvalue weighted by molar-refractivity contribution is -0.127. The predicted octanol–water partition coefficient (Wildman–Crippen LogP) is 0.795. The number of Topliss-reactive ketones (excluding diaryl/α,β-unsaturated/α-hetero) is 1. The van der Waals surface area contributed by atoms with Crippen molar-refractivity contribution in [1.82, 2.24) is 9.88 Å². The smallest absolute Gasteiger partial charge is 0.230 e. The SMILES string of the molecule is Cc1ncsc1CCN1CC(=O)CC1=O. The first-order valence-corrected chi connectivity index (χ1v) is 5.73. The minimum atomic E-state index is -0.0397. The van der Waals surface area contributed by atoms with Crippen LogP contribution in [0.3, 0.4) is 0 Å². The molecule has 1 fully saturated rings. The number of hydrogen-bond donors (Lipinski definition) is 0. The summed E-state index contributed by atoms with van der Waals surface area (Å²) in [5.41, 5.74) is 2.83. The van der Waals surface area contributed by atoms with E-state index in [0.717, 1.165) is 12.1 Å². The summed E-state index contributed by atoms with van der Waals surface area (Å²) in [5, 5.41) is 0. The van der Waals surface area contributed by atoms with Crippen LogP contribution in [0.5, 0.6) is 0 Å². The van der Waals surface area contributed by atoms with Gasteiger partial charge in [-0.05, 0) is 6.92 Å². The van der Waals surface area contributed by atoms with E-state index in [1.807, 2.05) is 12.4 Å². The van der Waals surface area contributed by atoms with E-state index in [4.69, 9.17) is 0 Å². The van der Waals surface area contributed by atoms with E-state index in [1.54, 1.807) is 16.2 Å². The van der Waals surface area contributed by atoms with Gasteiger partial charge in [-0.1, -0.05) is 0 Å². The number of aromatic nitrogens is 1. The molecule has 0 saturated carbocycles. The van der Waals surface area contributed by atoms with Crippen LogP contribution in [0.2, 0.25) is 0 Å². The zero-order valence-corrected chi connectivity index (χ0v) is 9.34. The highest BCUT2D eigenvalue weighted by Crippen LogP contribution is 2.14. The number of amides is 1. The van der Waals surface area contributed by atoms with Gasteiger partial charge in [0.05, 0.1) is 24.2 Å². The van der Waals surface area contributed by atoms with Crippen LogP contribution in [-0.2, 0) is 16.0 Å². The van der Waals surface area contributed by atoms with Crippen molar-refractivity contribution in [3.8, 4) is 0 Å². The largest absolute Gasteiger partial charge is 0.335 e. The van der Waals surface area contributed by atoms with Crippen molar-refractivity contribution in [3.05, 3.63) is 16.1 Å². The second-order valence-electron chi connectivity index (χ2n) is 3.64. The quantitative estimate of drug-likeness (QED) is 0.713. The number of likely N-dealkylation sites (tertiary alicyclic amines) is 1. The Hall–Kier alpha value is -1.23. The Morgan fingerprint density at radius 1 is 1.53 bits per heavy atom. The lowest BCUT2D eigenvalue weighted by atomic mass is 10.3. The van der Waals surface area contributed by atoms with E-state index >= 15 is 0 Å². The van der Waals surface area contributed by atoms with Crippen LogP contribution in [0.15, 0.2) is 5.51 Å². The average molecular weight is 224 g/mol. The van der Waals surface area contributed by atoms with Crippen LogP contribution in [-0.4, -0.2) is 34.7 Å². The summed E-state index contributed by atoms with van der Waals surface area (Å²) < 4.78 is 0. The van der Waals surface area contributed by atoms with Gasteiger partial charge in [-0.2, -0.15) is 0 Å². The maximum absolute atomic E-state index is 11.3. The predicted molar refractivity (Wildman–Crippen MR) is 56.8 cm³/mol. The van der Waals surface area contributed by atoms with E-state index < -0.39 is 0 Å². The fourth-order valence-corrected chi connectivity index (χ4v) is 2.41. The third kappa shape index (κ3) is 2.23. The molecule has 15 heavy (non-hydrogen) atoms. The Morgan fingerprint density at radius 3 is 2.87 bits per heavy atom. The molecule has 1 aromatic heterocycles. The first-order valence-electron chi connectivity index (χ1n) is 4.85. The van der Waals surface area contributed by atoms with Crippen LogP contribution >= 0.6 is 11.3 Å². The van der Waals surface area contributed by atoms with Gasteiger partial charge in [0.2, 0.25) is 5.91 Å². The molecule has 0 spiro atoms. The maximum atomic E-state index is 11.3. The van der Waals surface area contributed by atoms with E-state index in [2.05, 4.69) is 4.98 Å². The summed E-state index contributed by atoms with van der Waals surface area (Å²) in [7, 11) is 0. The van der Waals surface area contributed by atoms with Crippen LogP contribution in [0.25, 0.3) is 0 Å². The molecular formula is C10H12N2O2S. The molecule has 5 heteroatoms. The summed E-state index contributed by atoms with van der Waals surface area (Å²) in [6.07, 6.45) is 0.886. The van der Waals surface area contributed by atoms with Gasteiger partial charge in [0.15, 0.2) is 5.78 Å². The molecule has 2 heterocycles. The number of carbonyl (C=O) groups excluding carboxylic acids is 2. The van der Waals surface area contributed by atoms with Crippen molar-refractivity contribution in [2.24, 2.45) is 0 Å². The first-order chi connectivity index (χ1) is 7.16. The average Bonchev–Trinajstić information content (AvgIpc) is 2.70. The first kappa shape index (κ1) is 10.3. The van der Waals surface area contributed by atoms with Crippen molar-refractivity contribution in [1.29, 1.82) is 0 Å². The molecular weight excluding hydrogens is 212 g/mol. The standard InChI is InChI=1S/C10H12N2O2S/c1-7-9(15-6-11-7)2-3-12-5-8(13)4-10(12)14/h6H,2-5H2,1H3. The Balaban J connectivity index is 1.91. The van der Waals surface area contributed by atoms with Crippen molar-refractivity contribution in [2.45, 2.75) is 19.8 Å². The maximum Gasteiger partial charge on any atom is 0.230 e. The fraction of sp³-hybridized carbons (Fsp3) is 0.500. The molecule has 2 rings (SSSR count). The summed E-state index contributed by atoms with van der Waals surface area (Å²) in [6, 6.07) is 0. The number of ketones is 1. The highest BCUT2D eigenvalue weighted by Gasteiger charge is 2.26. The van der Waals surface area contributed by atoms with Crippen LogP contribution in [0.4, 0.5) is 0 Å². The van der Waals surface area contributed by atoms with E-state index in [-0.39, 0.29) is 24.7 Å². The van der Waals surface area contributed by atoms with Gasteiger partial charge in [-0.25, -0.2) is 4.98 Å². The minimum Gasteiger partial charge on any atom is -0.335 e. The second kappa shape index (κ2) is 4.10. The van der Waals surface area contributed by atoms with Crippen molar-refractivity contribution >= 4 is 23.0 Å². The third-order valence-corrected chi connectivity index (χ3v) is 3.52. The van der Waals surface area contributed by atoms with E-state index in [1.165, 1.54) is 4.88 Å². The molecule has 0 bridgehead atoms. The van der Waals surface area contributed by atoms with Crippen molar-refractivity contribution in [2.75, 3.05) is 13.1 Å². The van der Waals surface area contributed by atoms with Crippen molar-refractivity contribution < 1.29 is 9.59 Å². The van der Waals surface area contributed by atoms with E-state index in [0.29, 0.717) is 6.54 Å². The molecule has 0 unspecified atom stereocenters. The van der Waals surface area contributed by atoms with Gasteiger partial charge in [0, 0.05) is 17.8 Å². The Labute approximate surface area is 91.9 Å². The number of rotatable bonds is 3. The third-order valence-electron chi connectivity index (χ3n) is 2.52. The lowest BCUT2D eigenvalue weighted by Gasteiger charge is -2.13. The normalized spacial score (nSPS) is 16.5.